The van der Waals surface area contributed by atoms with Gasteiger partial charge in [0.25, 0.3) is 5.69 Å². The van der Waals surface area contributed by atoms with Crippen LogP contribution < -0.4 is 10.2 Å². The molecule has 0 atom stereocenters. The average Bonchev–Trinajstić information content (AvgIpc) is 2.59. The summed E-state index contributed by atoms with van der Waals surface area (Å²) in [7, 11) is 0. The van der Waals surface area contributed by atoms with E-state index in [0.717, 1.165) is 36.2 Å². The van der Waals surface area contributed by atoms with Crippen molar-refractivity contribution in [2.75, 3.05) is 16.8 Å². The minimum absolute atomic E-state index is 0.0245. The Morgan fingerprint density at radius 2 is 2.00 bits per heavy atom. The second-order valence-corrected chi connectivity index (χ2v) is 5.84. The fourth-order valence-electron chi connectivity index (χ4n) is 3.09. The average molecular weight is 325 g/mol. The predicted molar refractivity (Wildman–Crippen MR) is 93.2 cm³/mol. The number of benzene rings is 2. The van der Waals surface area contributed by atoms with Crippen LogP contribution in [-0.4, -0.2) is 17.4 Å². The van der Waals surface area contributed by atoms with Crippen LogP contribution in [0, 0.1) is 10.1 Å². The summed E-state index contributed by atoms with van der Waals surface area (Å²) in [4.78, 5) is 24.9. The summed E-state index contributed by atoms with van der Waals surface area (Å²) in [5, 5.41) is 14.8. The molecule has 0 saturated carbocycles. The fourth-order valence-corrected chi connectivity index (χ4v) is 3.09. The molecule has 0 bridgehead atoms. The maximum Gasteiger partial charge on any atom is 0.293 e. The highest BCUT2D eigenvalue weighted by Crippen LogP contribution is 2.39. The van der Waals surface area contributed by atoms with Crippen LogP contribution in [0.15, 0.2) is 42.5 Å². The maximum absolute atomic E-state index is 12.3. The summed E-state index contributed by atoms with van der Waals surface area (Å²) in [5.41, 5.74) is 3.05. The van der Waals surface area contributed by atoms with E-state index in [0.29, 0.717) is 12.2 Å². The van der Waals surface area contributed by atoms with Crippen LogP contribution >= 0.6 is 0 Å². The minimum Gasteiger partial charge on any atom is -0.385 e. The second kappa shape index (κ2) is 6.70. The molecule has 2 aromatic carbocycles. The molecular weight excluding hydrogens is 306 g/mol. The molecule has 1 heterocycles. The Bertz CT molecular complexity index is 775. The first-order valence-electron chi connectivity index (χ1n) is 7.94. The zero-order valence-electron chi connectivity index (χ0n) is 13.5. The zero-order valence-corrected chi connectivity index (χ0v) is 13.5. The number of hydrogen-bond donors (Lipinski definition) is 1. The fraction of sp³-hybridized carbons (Fsp3) is 0.278. The van der Waals surface area contributed by atoms with Gasteiger partial charge in [0.15, 0.2) is 0 Å². The van der Waals surface area contributed by atoms with E-state index < -0.39 is 4.92 Å². The monoisotopic (exact) mass is 325 g/mol. The number of carbonyl (C=O) groups excluding carboxylic acids is 1. The van der Waals surface area contributed by atoms with E-state index in [1.807, 2.05) is 30.3 Å². The van der Waals surface area contributed by atoms with Crippen molar-refractivity contribution in [3.05, 3.63) is 63.7 Å². The Morgan fingerprint density at radius 3 is 2.67 bits per heavy atom. The third kappa shape index (κ3) is 3.08. The zero-order chi connectivity index (χ0) is 17.1. The minimum atomic E-state index is -0.412. The summed E-state index contributed by atoms with van der Waals surface area (Å²) < 4.78 is 0. The summed E-state index contributed by atoms with van der Waals surface area (Å²) in [6.07, 6.45) is 1.61. The van der Waals surface area contributed by atoms with Crippen molar-refractivity contribution in [3.8, 4) is 0 Å². The van der Waals surface area contributed by atoms with Gasteiger partial charge in [-0.3, -0.25) is 14.9 Å². The molecule has 0 spiro atoms. The van der Waals surface area contributed by atoms with E-state index >= 15 is 0 Å². The SMILES string of the molecule is CC(=O)N(Cc1ccccc1)c1c([N+](=O)[O-])ccc2c1CCCN2. The molecular formula is C18H19N3O3. The number of rotatable bonds is 4. The van der Waals surface area contributed by atoms with Crippen molar-refractivity contribution >= 4 is 23.0 Å². The normalized spacial score (nSPS) is 12.9. The van der Waals surface area contributed by atoms with Gasteiger partial charge in [0.1, 0.15) is 5.69 Å². The largest absolute Gasteiger partial charge is 0.385 e. The number of hydrogen-bond acceptors (Lipinski definition) is 4. The molecule has 0 unspecified atom stereocenters. The number of amides is 1. The lowest BCUT2D eigenvalue weighted by Crippen LogP contribution is -2.30. The van der Waals surface area contributed by atoms with Crippen molar-refractivity contribution in [3.63, 3.8) is 0 Å². The molecule has 1 N–H and O–H groups in total. The molecule has 1 aliphatic rings. The van der Waals surface area contributed by atoms with E-state index in [-0.39, 0.29) is 11.6 Å². The molecule has 24 heavy (non-hydrogen) atoms. The Hall–Kier alpha value is -2.89. The van der Waals surface area contributed by atoms with Crippen LogP contribution in [0.1, 0.15) is 24.5 Å². The molecule has 0 fully saturated rings. The number of nitro benzene ring substituents is 1. The lowest BCUT2D eigenvalue weighted by Gasteiger charge is -2.27. The first kappa shape index (κ1) is 16.0. The van der Waals surface area contributed by atoms with E-state index in [4.69, 9.17) is 0 Å². The van der Waals surface area contributed by atoms with Gasteiger partial charge in [0.2, 0.25) is 5.91 Å². The molecule has 6 heteroatoms. The van der Waals surface area contributed by atoms with Crippen LogP contribution in [0.25, 0.3) is 0 Å². The van der Waals surface area contributed by atoms with Gasteiger partial charge in [-0.15, -0.1) is 0 Å². The molecule has 0 aromatic heterocycles. The van der Waals surface area contributed by atoms with Gasteiger partial charge in [-0.05, 0) is 24.5 Å². The topological polar surface area (TPSA) is 75.5 Å². The van der Waals surface area contributed by atoms with Gasteiger partial charge in [-0.25, -0.2) is 0 Å². The Balaban J connectivity index is 2.12. The molecule has 6 nitrogen and oxygen atoms in total. The highest BCUT2D eigenvalue weighted by Gasteiger charge is 2.29. The molecule has 0 radical (unpaired) electrons. The van der Waals surface area contributed by atoms with E-state index in [1.165, 1.54) is 17.9 Å². The van der Waals surface area contributed by atoms with Gasteiger partial charge in [-0.2, -0.15) is 0 Å². The van der Waals surface area contributed by atoms with E-state index in [2.05, 4.69) is 5.32 Å². The van der Waals surface area contributed by atoms with Crippen molar-refractivity contribution in [1.29, 1.82) is 0 Å². The van der Waals surface area contributed by atoms with Crippen molar-refractivity contribution < 1.29 is 9.72 Å². The summed E-state index contributed by atoms with van der Waals surface area (Å²) in [6.45, 7) is 2.60. The standard InChI is InChI=1S/C18H19N3O3/c1-13(22)20(12-14-6-3-2-4-7-14)18-15-8-5-11-19-16(15)9-10-17(18)21(23)24/h2-4,6-7,9-10,19H,5,8,11-12H2,1H3. The smallest absolute Gasteiger partial charge is 0.293 e. The summed E-state index contributed by atoms with van der Waals surface area (Å²) in [6, 6.07) is 12.7. The Kier molecular flexibility index (Phi) is 4.46. The molecule has 1 aliphatic heterocycles. The summed E-state index contributed by atoms with van der Waals surface area (Å²) in [5.74, 6) is -0.207. The third-order valence-electron chi connectivity index (χ3n) is 4.21. The number of nitrogens with one attached hydrogen (secondary N) is 1. The van der Waals surface area contributed by atoms with Crippen LogP contribution in [0.4, 0.5) is 17.1 Å². The van der Waals surface area contributed by atoms with Crippen LogP contribution in [0.2, 0.25) is 0 Å². The van der Waals surface area contributed by atoms with Crippen molar-refractivity contribution in [2.45, 2.75) is 26.3 Å². The van der Waals surface area contributed by atoms with Crippen LogP contribution in [0.3, 0.4) is 0 Å². The summed E-state index contributed by atoms with van der Waals surface area (Å²) >= 11 is 0. The van der Waals surface area contributed by atoms with Crippen LogP contribution in [0.5, 0.6) is 0 Å². The molecule has 0 saturated heterocycles. The van der Waals surface area contributed by atoms with E-state index in [9.17, 15) is 14.9 Å². The predicted octanol–water partition coefficient (Wildman–Crippen LogP) is 3.51. The van der Waals surface area contributed by atoms with Gasteiger partial charge < -0.3 is 10.2 Å². The lowest BCUT2D eigenvalue weighted by molar-refractivity contribution is -0.384. The van der Waals surface area contributed by atoms with Gasteiger partial charge in [-0.1, -0.05) is 30.3 Å². The molecule has 1 amide bonds. The number of carbonyl (C=O) groups is 1. The van der Waals surface area contributed by atoms with Crippen molar-refractivity contribution in [2.24, 2.45) is 0 Å². The Morgan fingerprint density at radius 1 is 1.25 bits per heavy atom. The first-order valence-corrected chi connectivity index (χ1v) is 7.94. The number of nitrogens with zero attached hydrogens (tertiary/aromatic N) is 2. The Labute approximate surface area is 140 Å². The van der Waals surface area contributed by atoms with Crippen LogP contribution in [-0.2, 0) is 17.8 Å². The first-order chi connectivity index (χ1) is 11.6. The lowest BCUT2D eigenvalue weighted by atomic mass is 9.98. The number of anilines is 2. The molecule has 3 rings (SSSR count). The highest BCUT2D eigenvalue weighted by atomic mass is 16.6. The third-order valence-corrected chi connectivity index (χ3v) is 4.21. The second-order valence-electron chi connectivity index (χ2n) is 5.84. The van der Waals surface area contributed by atoms with E-state index in [1.54, 1.807) is 6.07 Å². The van der Waals surface area contributed by atoms with Gasteiger partial charge in [0.05, 0.1) is 11.5 Å². The maximum atomic E-state index is 12.3. The van der Waals surface area contributed by atoms with Crippen molar-refractivity contribution in [1.82, 2.24) is 0 Å². The number of fused-ring (bicyclic) bond motifs is 1. The van der Waals surface area contributed by atoms with Gasteiger partial charge >= 0.3 is 0 Å². The van der Waals surface area contributed by atoms with Gasteiger partial charge in [0, 0.05) is 30.8 Å². The number of nitro groups is 1. The quantitative estimate of drug-likeness (QED) is 0.689. The molecule has 0 aliphatic carbocycles. The highest BCUT2D eigenvalue weighted by molar-refractivity contribution is 5.96. The molecule has 124 valence electrons. The molecule has 2 aromatic rings.